The maximum atomic E-state index is 10.0. The molecule has 2 aromatic carbocycles. The van der Waals surface area contributed by atoms with Gasteiger partial charge in [-0.1, -0.05) is 26.0 Å². The van der Waals surface area contributed by atoms with Crippen LogP contribution in [0.4, 0.5) is 0 Å². The first-order valence-electron chi connectivity index (χ1n) is 9.15. The van der Waals surface area contributed by atoms with Crippen LogP contribution in [0.3, 0.4) is 0 Å². The fourth-order valence-electron chi connectivity index (χ4n) is 2.71. The molecule has 1 N–H and O–H groups in total. The molecule has 0 bridgehead atoms. The molecule has 0 saturated carbocycles. The van der Waals surface area contributed by atoms with Gasteiger partial charge in [-0.25, -0.2) is 0 Å². The second-order valence-electron chi connectivity index (χ2n) is 6.71. The number of rotatable bonds is 4. The van der Waals surface area contributed by atoms with Crippen LogP contribution in [-0.2, 0) is 24.9 Å². The van der Waals surface area contributed by atoms with Gasteiger partial charge in [-0.05, 0) is 25.6 Å². The minimum Gasteiger partial charge on any atom is -0.512 e. The molecule has 0 spiro atoms. The zero-order chi connectivity index (χ0) is 21.6. The summed E-state index contributed by atoms with van der Waals surface area (Å²) in [6.07, 6.45) is 1.17. The van der Waals surface area contributed by atoms with Crippen molar-refractivity contribution in [1.29, 1.82) is 0 Å². The van der Waals surface area contributed by atoms with Crippen LogP contribution in [0.15, 0.2) is 48.2 Å². The molecule has 0 atom stereocenters. The summed E-state index contributed by atoms with van der Waals surface area (Å²) in [5.74, 6) is 1.33. The maximum absolute atomic E-state index is 10.0. The largest absolute Gasteiger partial charge is 0.512 e. The number of hydrogen-bond acceptors (Lipinski definition) is 5. The molecule has 0 amide bonds. The van der Waals surface area contributed by atoms with E-state index in [9.17, 15) is 4.79 Å². The summed E-state index contributed by atoms with van der Waals surface area (Å²) < 4.78 is 10.7. The van der Waals surface area contributed by atoms with E-state index in [0.717, 1.165) is 22.2 Å². The van der Waals surface area contributed by atoms with Gasteiger partial charge in [-0.15, -0.1) is 34.9 Å². The molecule has 161 valence electrons. The van der Waals surface area contributed by atoms with Crippen molar-refractivity contribution in [1.82, 2.24) is 4.98 Å². The van der Waals surface area contributed by atoms with Gasteiger partial charge in [0.2, 0.25) is 0 Å². The second-order valence-corrected chi connectivity index (χ2v) is 6.71. The van der Waals surface area contributed by atoms with E-state index < -0.39 is 0 Å². The molecule has 6 heteroatoms. The number of aryl methyl sites for hydroxylation is 2. The first kappa shape index (κ1) is 25.3. The van der Waals surface area contributed by atoms with Crippen LogP contribution in [0.1, 0.15) is 25.0 Å². The van der Waals surface area contributed by atoms with Crippen molar-refractivity contribution >= 4 is 16.7 Å². The standard InChI is InChI=1S/C19H18NO2.C5H8O2.Ir/c1-12-5-6-14(9-13(12)2)16-8-7-15-10-18(21-3)19(22-4)11-17(15)20-16;1-4(6)3-5(2)7;/h5,7-11H,1-4H3;3,6H,1-2H3;/q-1;;/b;4-3-;. The molecule has 0 aliphatic carbocycles. The van der Waals surface area contributed by atoms with Crippen LogP contribution in [-0.4, -0.2) is 30.1 Å². The van der Waals surface area contributed by atoms with Crippen LogP contribution in [0, 0.1) is 19.9 Å². The van der Waals surface area contributed by atoms with Crippen LogP contribution in [0.2, 0.25) is 0 Å². The van der Waals surface area contributed by atoms with Crippen molar-refractivity contribution in [2.45, 2.75) is 27.7 Å². The summed E-state index contributed by atoms with van der Waals surface area (Å²) in [4.78, 5) is 14.8. The summed E-state index contributed by atoms with van der Waals surface area (Å²) in [6, 6.07) is 15.3. The Morgan fingerprint density at radius 3 is 2.17 bits per heavy atom. The zero-order valence-corrected chi connectivity index (χ0v) is 20.4. The number of pyridine rings is 1. The number of allylic oxidation sites excluding steroid dienone is 2. The van der Waals surface area contributed by atoms with Gasteiger partial charge >= 0.3 is 0 Å². The number of nitrogens with zero attached hydrogens (tertiary/aromatic N) is 1. The Bertz CT molecular complexity index is 1060. The Balaban J connectivity index is 0.000000489. The van der Waals surface area contributed by atoms with Crippen molar-refractivity contribution in [3.8, 4) is 22.8 Å². The number of ether oxygens (including phenoxy) is 2. The average Bonchev–Trinajstić information content (AvgIpc) is 2.68. The Morgan fingerprint density at radius 1 is 1.03 bits per heavy atom. The molecule has 1 aromatic heterocycles. The quantitative estimate of drug-likeness (QED) is 0.254. The van der Waals surface area contributed by atoms with E-state index in [0.29, 0.717) is 11.5 Å². The first-order valence-corrected chi connectivity index (χ1v) is 9.15. The Labute approximate surface area is 191 Å². The molecule has 0 aliphatic rings. The van der Waals surface area contributed by atoms with Gasteiger partial charge in [0.05, 0.1) is 25.5 Å². The van der Waals surface area contributed by atoms with Crippen LogP contribution >= 0.6 is 0 Å². The Morgan fingerprint density at radius 2 is 1.67 bits per heavy atom. The Hall–Kier alpha value is -2.69. The monoisotopic (exact) mass is 585 g/mol. The van der Waals surface area contributed by atoms with E-state index in [1.807, 2.05) is 30.3 Å². The minimum absolute atomic E-state index is 0. The van der Waals surface area contributed by atoms with E-state index >= 15 is 0 Å². The third-order valence-corrected chi connectivity index (χ3v) is 4.31. The molecule has 30 heavy (non-hydrogen) atoms. The van der Waals surface area contributed by atoms with Gasteiger partial charge in [0, 0.05) is 37.6 Å². The van der Waals surface area contributed by atoms with E-state index in [-0.39, 0.29) is 31.6 Å². The molecular formula is C24H26IrNO4-. The van der Waals surface area contributed by atoms with Crippen LogP contribution < -0.4 is 9.47 Å². The number of aliphatic hydroxyl groups excluding tert-OH is 1. The number of ketones is 1. The van der Waals surface area contributed by atoms with Crippen molar-refractivity contribution in [3.05, 3.63) is 65.4 Å². The number of hydrogen-bond donors (Lipinski definition) is 1. The van der Waals surface area contributed by atoms with Gasteiger partial charge in [-0.3, -0.25) is 9.78 Å². The predicted octanol–water partition coefficient (Wildman–Crippen LogP) is 5.37. The van der Waals surface area contributed by atoms with Crippen LogP contribution in [0.5, 0.6) is 11.5 Å². The average molecular weight is 585 g/mol. The number of aromatic nitrogens is 1. The summed E-state index contributed by atoms with van der Waals surface area (Å²) >= 11 is 0. The SMILES string of the molecule is CC(=O)/C=C(/C)O.COc1cc2ccc(-c3[c-]cc(C)c(C)c3)nc2cc1OC.[Ir]. The number of fused-ring (bicyclic) bond motifs is 1. The van der Waals surface area contributed by atoms with Crippen molar-refractivity contribution in [3.63, 3.8) is 0 Å². The molecule has 5 nitrogen and oxygen atoms in total. The molecule has 3 aromatic rings. The second kappa shape index (κ2) is 11.5. The van der Waals surface area contributed by atoms with E-state index in [1.165, 1.54) is 31.1 Å². The van der Waals surface area contributed by atoms with Crippen molar-refractivity contribution < 1.29 is 39.5 Å². The summed E-state index contributed by atoms with van der Waals surface area (Å²) in [7, 11) is 3.26. The summed E-state index contributed by atoms with van der Waals surface area (Å²) in [6.45, 7) is 7.03. The van der Waals surface area contributed by atoms with Gasteiger partial charge in [-0.2, -0.15) is 0 Å². The maximum Gasteiger partial charge on any atom is 0.162 e. The molecule has 1 radical (unpaired) electrons. The third kappa shape index (κ3) is 6.68. The minimum atomic E-state index is -0.125. The molecular weight excluding hydrogens is 558 g/mol. The van der Waals surface area contributed by atoms with Crippen LogP contribution in [0.25, 0.3) is 22.2 Å². The molecule has 0 aliphatic heterocycles. The van der Waals surface area contributed by atoms with Crippen molar-refractivity contribution in [2.75, 3.05) is 14.2 Å². The third-order valence-electron chi connectivity index (χ3n) is 4.31. The molecule has 1 heterocycles. The first-order chi connectivity index (χ1) is 13.7. The molecule has 0 fully saturated rings. The van der Waals surface area contributed by atoms with Gasteiger partial charge in [0.15, 0.2) is 17.3 Å². The molecule has 3 rings (SSSR count). The number of carbonyl (C=O) groups excluding carboxylic acids is 1. The van der Waals surface area contributed by atoms with E-state index in [2.05, 4.69) is 26.0 Å². The van der Waals surface area contributed by atoms with E-state index in [4.69, 9.17) is 19.6 Å². The predicted molar refractivity (Wildman–Crippen MR) is 116 cm³/mol. The smallest absolute Gasteiger partial charge is 0.162 e. The zero-order valence-electron chi connectivity index (χ0n) is 18.0. The van der Waals surface area contributed by atoms with Crippen molar-refractivity contribution in [2.24, 2.45) is 0 Å². The normalized spacial score (nSPS) is 10.5. The summed E-state index contributed by atoms with van der Waals surface area (Å²) in [5.41, 5.74) is 5.25. The summed E-state index contributed by atoms with van der Waals surface area (Å²) in [5, 5.41) is 9.38. The van der Waals surface area contributed by atoms with Gasteiger partial charge < -0.3 is 14.6 Å². The fourth-order valence-corrected chi connectivity index (χ4v) is 2.71. The van der Waals surface area contributed by atoms with E-state index in [1.54, 1.807) is 14.2 Å². The van der Waals surface area contributed by atoms with Gasteiger partial charge in [0.25, 0.3) is 0 Å². The van der Waals surface area contributed by atoms with Gasteiger partial charge in [0.1, 0.15) is 0 Å². The molecule has 0 unspecified atom stereocenters. The number of carbonyl (C=O) groups is 1. The topological polar surface area (TPSA) is 68.7 Å². The molecule has 0 saturated heterocycles. The number of methoxy groups -OCH3 is 2. The number of benzene rings is 2. The number of aliphatic hydroxyl groups is 1. The fraction of sp³-hybridized carbons (Fsp3) is 0.250. The Kier molecular flexibility index (Phi) is 9.70.